The number of hydrogen-bond acceptors (Lipinski definition) is 5. The van der Waals surface area contributed by atoms with Gasteiger partial charge in [-0.15, -0.1) is 0 Å². The van der Waals surface area contributed by atoms with Crippen molar-refractivity contribution in [1.29, 1.82) is 0 Å². The molecule has 2 rings (SSSR count). The van der Waals surface area contributed by atoms with E-state index in [1.165, 1.54) is 0 Å². The Kier molecular flexibility index (Phi) is 7.08. The van der Waals surface area contributed by atoms with Gasteiger partial charge >= 0.3 is 0 Å². The molecule has 0 aliphatic heterocycles. The maximum Gasteiger partial charge on any atom is 0.224 e. The lowest BCUT2D eigenvalue weighted by atomic mass is 10.1. The van der Waals surface area contributed by atoms with Crippen LogP contribution >= 0.6 is 11.3 Å². The molecule has 2 N–H and O–H groups in total. The van der Waals surface area contributed by atoms with Crippen molar-refractivity contribution >= 4 is 17.2 Å². The second-order valence-electron chi connectivity index (χ2n) is 5.42. The monoisotopic (exact) mass is 348 g/mol. The topological polar surface area (TPSA) is 64.8 Å². The van der Waals surface area contributed by atoms with E-state index >= 15 is 0 Å². The molecule has 1 aromatic carbocycles. The zero-order valence-electron chi connectivity index (χ0n) is 14.2. The van der Waals surface area contributed by atoms with Crippen LogP contribution in [-0.4, -0.2) is 38.1 Å². The van der Waals surface area contributed by atoms with Crippen LogP contribution in [0.3, 0.4) is 0 Å². The second-order valence-corrected chi connectivity index (χ2v) is 6.20. The van der Waals surface area contributed by atoms with Gasteiger partial charge in [-0.05, 0) is 46.5 Å². The Morgan fingerprint density at radius 2 is 1.96 bits per heavy atom. The van der Waals surface area contributed by atoms with Crippen LogP contribution in [-0.2, 0) is 17.8 Å². The van der Waals surface area contributed by atoms with E-state index in [9.17, 15) is 4.79 Å². The summed E-state index contributed by atoms with van der Waals surface area (Å²) in [5.41, 5.74) is 7.79. The van der Waals surface area contributed by atoms with Gasteiger partial charge in [-0.2, -0.15) is 11.3 Å². The normalized spacial score (nSPS) is 10.5. The average molecular weight is 348 g/mol. The van der Waals surface area contributed by atoms with Crippen molar-refractivity contribution in [1.82, 2.24) is 4.90 Å². The fraction of sp³-hybridized carbons (Fsp3) is 0.389. The minimum atomic E-state index is 0.0872. The summed E-state index contributed by atoms with van der Waals surface area (Å²) in [5.74, 6) is 1.49. The largest absolute Gasteiger partial charge is 0.493 e. The molecule has 6 heteroatoms. The molecular weight excluding hydrogens is 324 g/mol. The first-order valence-electron chi connectivity index (χ1n) is 7.87. The van der Waals surface area contributed by atoms with Crippen LogP contribution in [0.2, 0.25) is 0 Å². The number of carbonyl (C=O) groups excluding carboxylic acids is 1. The average Bonchev–Trinajstić information content (AvgIpc) is 3.11. The van der Waals surface area contributed by atoms with Gasteiger partial charge < -0.3 is 20.1 Å². The Morgan fingerprint density at radius 3 is 2.58 bits per heavy atom. The van der Waals surface area contributed by atoms with Crippen LogP contribution in [0, 0.1) is 0 Å². The van der Waals surface area contributed by atoms with Crippen molar-refractivity contribution < 1.29 is 14.3 Å². The summed E-state index contributed by atoms with van der Waals surface area (Å²) in [6, 6.07) is 7.88. The predicted octanol–water partition coefficient (Wildman–Crippen LogP) is 2.69. The molecule has 0 spiro atoms. The van der Waals surface area contributed by atoms with E-state index in [2.05, 4.69) is 5.38 Å². The third kappa shape index (κ3) is 4.97. The van der Waals surface area contributed by atoms with Crippen LogP contribution < -0.4 is 15.2 Å². The highest BCUT2D eigenvalue weighted by Gasteiger charge is 2.14. The zero-order chi connectivity index (χ0) is 17.4. The second kappa shape index (κ2) is 9.30. The van der Waals surface area contributed by atoms with Crippen molar-refractivity contribution in [2.75, 3.05) is 27.3 Å². The SMILES string of the molecule is COc1ccc(CCN(Cc2ccsc2)C(=O)CCN)cc1OC. The zero-order valence-corrected chi connectivity index (χ0v) is 15.0. The van der Waals surface area contributed by atoms with Crippen molar-refractivity contribution in [2.45, 2.75) is 19.4 Å². The Morgan fingerprint density at radius 1 is 1.17 bits per heavy atom. The highest BCUT2D eigenvalue weighted by Crippen LogP contribution is 2.27. The highest BCUT2D eigenvalue weighted by molar-refractivity contribution is 7.07. The van der Waals surface area contributed by atoms with Crippen LogP contribution in [0.15, 0.2) is 35.0 Å². The smallest absolute Gasteiger partial charge is 0.224 e. The molecular formula is C18H24N2O3S. The van der Waals surface area contributed by atoms with Crippen molar-refractivity contribution in [3.05, 3.63) is 46.2 Å². The Balaban J connectivity index is 2.05. The van der Waals surface area contributed by atoms with Gasteiger partial charge in [-0.1, -0.05) is 6.07 Å². The molecule has 2 aromatic rings. The molecule has 0 atom stereocenters. The molecule has 1 aromatic heterocycles. The van der Waals surface area contributed by atoms with Crippen LogP contribution in [0.5, 0.6) is 11.5 Å². The third-order valence-electron chi connectivity index (χ3n) is 3.78. The van der Waals surface area contributed by atoms with Crippen molar-refractivity contribution in [2.24, 2.45) is 5.73 Å². The minimum Gasteiger partial charge on any atom is -0.493 e. The summed E-state index contributed by atoms with van der Waals surface area (Å²) in [5, 5.41) is 4.09. The molecule has 1 amide bonds. The van der Waals surface area contributed by atoms with Gasteiger partial charge in [-0.3, -0.25) is 4.79 Å². The number of nitrogens with two attached hydrogens (primary N) is 1. The van der Waals surface area contributed by atoms with Gasteiger partial charge in [0.2, 0.25) is 5.91 Å². The molecule has 0 unspecified atom stereocenters. The molecule has 0 aliphatic carbocycles. The molecule has 0 saturated heterocycles. The van der Waals surface area contributed by atoms with E-state index in [-0.39, 0.29) is 5.91 Å². The van der Waals surface area contributed by atoms with E-state index in [4.69, 9.17) is 15.2 Å². The summed E-state index contributed by atoms with van der Waals surface area (Å²) in [6.07, 6.45) is 1.12. The Labute approximate surface area is 147 Å². The third-order valence-corrected chi connectivity index (χ3v) is 4.51. The number of benzene rings is 1. The van der Waals surface area contributed by atoms with E-state index in [1.54, 1.807) is 25.6 Å². The first-order valence-corrected chi connectivity index (χ1v) is 8.82. The molecule has 1 heterocycles. The molecule has 0 radical (unpaired) electrons. The number of hydrogen-bond donors (Lipinski definition) is 1. The summed E-state index contributed by atoms with van der Waals surface area (Å²) in [4.78, 5) is 14.2. The molecule has 0 saturated carbocycles. The summed E-state index contributed by atoms with van der Waals surface area (Å²) < 4.78 is 10.6. The van der Waals surface area contributed by atoms with Gasteiger partial charge in [0.05, 0.1) is 14.2 Å². The lowest BCUT2D eigenvalue weighted by molar-refractivity contribution is -0.131. The number of carbonyl (C=O) groups is 1. The number of nitrogens with zero attached hydrogens (tertiary/aromatic N) is 1. The van der Waals surface area contributed by atoms with E-state index < -0.39 is 0 Å². The number of rotatable bonds is 9. The van der Waals surface area contributed by atoms with Gasteiger partial charge in [-0.25, -0.2) is 0 Å². The standard InChI is InChI=1S/C18H24N2O3S/c1-22-16-4-3-14(11-17(16)23-2)6-9-20(18(21)5-8-19)12-15-7-10-24-13-15/h3-4,7,10-11,13H,5-6,8-9,12,19H2,1-2H3. The predicted molar refractivity (Wildman–Crippen MR) is 96.7 cm³/mol. The summed E-state index contributed by atoms with van der Waals surface area (Å²) in [6.45, 7) is 1.63. The molecule has 24 heavy (non-hydrogen) atoms. The highest BCUT2D eigenvalue weighted by atomic mass is 32.1. The lowest BCUT2D eigenvalue weighted by Gasteiger charge is -2.22. The molecule has 0 fully saturated rings. The first kappa shape index (κ1) is 18.3. The maximum atomic E-state index is 12.3. The molecule has 130 valence electrons. The maximum absolute atomic E-state index is 12.3. The van der Waals surface area contributed by atoms with Crippen LogP contribution in [0.25, 0.3) is 0 Å². The van der Waals surface area contributed by atoms with Gasteiger partial charge in [0.15, 0.2) is 11.5 Å². The molecule has 0 bridgehead atoms. The van der Waals surface area contributed by atoms with Crippen molar-refractivity contribution in [3.63, 3.8) is 0 Å². The quantitative estimate of drug-likeness (QED) is 0.757. The summed E-state index contributed by atoms with van der Waals surface area (Å²) >= 11 is 1.64. The van der Waals surface area contributed by atoms with Crippen LogP contribution in [0.4, 0.5) is 0 Å². The van der Waals surface area contributed by atoms with Gasteiger partial charge in [0.1, 0.15) is 0 Å². The first-order chi connectivity index (χ1) is 11.7. The minimum absolute atomic E-state index is 0.0872. The van der Waals surface area contributed by atoms with E-state index in [0.717, 1.165) is 17.5 Å². The number of ether oxygens (including phenoxy) is 2. The lowest BCUT2D eigenvalue weighted by Crippen LogP contribution is -2.33. The Bertz CT molecular complexity index is 644. The van der Waals surface area contributed by atoms with E-state index in [1.807, 2.05) is 34.5 Å². The van der Waals surface area contributed by atoms with Crippen LogP contribution in [0.1, 0.15) is 17.5 Å². The van der Waals surface area contributed by atoms with Gasteiger partial charge in [0, 0.05) is 26.1 Å². The fourth-order valence-electron chi connectivity index (χ4n) is 2.48. The van der Waals surface area contributed by atoms with Gasteiger partial charge in [0.25, 0.3) is 0 Å². The van der Waals surface area contributed by atoms with E-state index in [0.29, 0.717) is 37.6 Å². The molecule has 5 nitrogen and oxygen atoms in total. The number of thiophene rings is 1. The number of methoxy groups -OCH3 is 2. The Hall–Kier alpha value is -2.05. The summed E-state index contributed by atoms with van der Waals surface area (Å²) in [7, 11) is 3.24. The number of amides is 1. The molecule has 0 aliphatic rings. The fourth-order valence-corrected chi connectivity index (χ4v) is 3.14. The van der Waals surface area contributed by atoms with Crippen molar-refractivity contribution in [3.8, 4) is 11.5 Å².